The predicted octanol–water partition coefficient (Wildman–Crippen LogP) is 1.38. The second-order valence-corrected chi connectivity index (χ2v) is 7.00. The molecule has 1 aliphatic heterocycles. The summed E-state index contributed by atoms with van der Waals surface area (Å²) in [5.41, 5.74) is 0. The van der Waals surface area contributed by atoms with Crippen molar-refractivity contribution in [3.8, 4) is 0 Å². The van der Waals surface area contributed by atoms with Crippen molar-refractivity contribution in [2.45, 2.75) is 19.8 Å². The van der Waals surface area contributed by atoms with Gasteiger partial charge in [0.15, 0.2) is 0 Å². The van der Waals surface area contributed by atoms with Crippen LogP contribution in [0.1, 0.15) is 19.8 Å². The van der Waals surface area contributed by atoms with Gasteiger partial charge in [-0.15, -0.1) is 0 Å². The molecule has 1 aromatic heterocycles. The Hall–Kier alpha value is -1.76. The molecule has 0 radical (unpaired) electrons. The first-order valence-corrected chi connectivity index (χ1v) is 9.64. The van der Waals surface area contributed by atoms with E-state index in [4.69, 9.17) is 0 Å². The molecule has 1 saturated heterocycles. The molecule has 0 atom stereocenters. The van der Waals surface area contributed by atoms with Crippen LogP contribution in [0.15, 0.2) is 24.4 Å². The Morgan fingerprint density at radius 3 is 2.67 bits per heavy atom. The standard InChI is InChI=1S/C17H26N4O2S/c1-2-24-14-7-16(22)19-9-6-17(23)21-12-10-20(11-13-21)15-5-3-4-8-18-15/h3-5,8H,2,6-7,9-14H2,1H3,(H,19,22). The molecule has 0 saturated carbocycles. The lowest BCUT2D eigenvalue weighted by molar-refractivity contribution is -0.131. The van der Waals surface area contributed by atoms with Gasteiger partial charge in [0.05, 0.1) is 0 Å². The zero-order valence-corrected chi connectivity index (χ0v) is 15.1. The fraction of sp³-hybridized carbons (Fsp3) is 0.588. The summed E-state index contributed by atoms with van der Waals surface area (Å²) < 4.78 is 0. The summed E-state index contributed by atoms with van der Waals surface area (Å²) >= 11 is 1.75. The maximum Gasteiger partial charge on any atom is 0.224 e. The number of carbonyl (C=O) groups is 2. The minimum atomic E-state index is 0.0312. The van der Waals surface area contributed by atoms with Crippen molar-refractivity contribution in [2.24, 2.45) is 0 Å². The van der Waals surface area contributed by atoms with Crippen LogP contribution in [0.25, 0.3) is 0 Å². The summed E-state index contributed by atoms with van der Waals surface area (Å²) in [5, 5.41) is 2.83. The average Bonchev–Trinajstić information content (AvgIpc) is 2.63. The van der Waals surface area contributed by atoms with Crippen LogP contribution in [0.2, 0.25) is 0 Å². The largest absolute Gasteiger partial charge is 0.356 e. The van der Waals surface area contributed by atoms with E-state index < -0.39 is 0 Å². The molecule has 2 rings (SSSR count). The summed E-state index contributed by atoms with van der Waals surface area (Å²) in [6, 6.07) is 5.86. The first kappa shape index (κ1) is 18.6. The van der Waals surface area contributed by atoms with E-state index in [2.05, 4.69) is 22.1 Å². The minimum Gasteiger partial charge on any atom is -0.356 e. The number of hydrogen-bond acceptors (Lipinski definition) is 5. The molecule has 132 valence electrons. The van der Waals surface area contributed by atoms with Crippen molar-refractivity contribution in [1.82, 2.24) is 15.2 Å². The van der Waals surface area contributed by atoms with Crippen molar-refractivity contribution in [3.05, 3.63) is 24.4 Å². The second-order valence-electron chi connectivity index (χ2n) is 5.60. The van der Waals surface area contributed by atoms with Crippen molar-refractivity contribution < 1.29 is 9.59 Å². The van der Waals surface area contributed by atoms with Crippen LogP contribution in [0.4, 0.5) is 5.82 Å². The molecular formula is C17H26N4O2S. The maximum atomic E-state index is 12.2. The van der Waals surface area contributed by atoms with Crippen LogP contribution >= 0.6 is 11.8 Å². The first-order chi connectivity index (χ1) is 11.7. The summed E-state index contributed by atoms with van der Waals surface area (Å²) in [7, 11) is 0. The monoisotopic (exact) mass is 350 g/mol. The zero-order valence-electron chi connectivity index (χ0n) is 14.2. The third-order valence-electron chi connectivity index (χ3n) is 3.94. The number of nitrogens with zero attached hydrogens (tertiary/aromatic N) is 3. The average molecular weight is 350 g/mol. The molecule has 7 heteroatoms. The van der Waals surface area contributed by atoms with Crippen molar-refractivity contribution in [1.29, 1.82) is 0 Å². The lowest BCUT2D eigenvalue weighted by atomic mass is 10.2. The Labute approximate surface area is 148 Å². The van der Waals surface area contributed by atoms with Gasteiger partial charge in [-0.3, -0.25) is 9.59 Å². The Kier molecular flexibility index (Phi) is 7.88. The number of anilines is 1. The summed E-state index contributed by atoms with van der Waals surface area (Å²) in [4.78, 5) is 32.2. The number of nitrogens with one attached hydrogen (secondary N) is 1. The van der Waals surface area contributed by atoms with Gasteiger partial charge in [-0.1, -0.05) is 13.0 Å². The van der Waals surface area contributed by atoms with Gasteiger partial charge in [-0.25, -0.2) is 4.98 Å². The van der Waals surface area contributed by atoms with E-state index in [1.165, 1.54) is 0 Å². The van der Waals surface area contributed by atoms with E-state index >= 15 is 0 Å². The highest BCUT2D eigenvalue weighted by molar-refractivity contribution is 7.99. The summed E-state index contributed by atoms with van der Waals surface area (Å²) in [6.45, 7) is 5.50. The fourth-order valence-electron chi connectivity index (χ4n) is 2.59. The molecule has 6 nitrogen and oxygen atoms in total. The van der Waals surface area contributed by atoms with Crippen LogP contribution in [0, 0.1) is 0 Å². The molecule has 0 spiro atoms. The van der Waals surface area contributed by atoms with E-state index in [9.17, 15) is 9.59 Å². The number of rotatable bonds is 8. The SMILES string of the molecule is CCSCCC(=O)NCCC(=O)N1CCN(c2ccccn2)CC1. The Morgan fingerprint density at radius 2 is 2.00 bits per heavy atom. The molecule has 1 aromatic rings. The number of piperazine rings is 1. The number of aromatic nitrogens is 1. The van der Waals surface area contributed by atoms with Gasteiger partial charge in [-0.2, -0.15) is 11.8 Å². The fourth-order valence-corrected chi connectivity index (χ4v) is 3.21. The Balaban J connectivity index is 1.63. The Morgan fingerprint density at radius 1 is 1.21 bits per heavy atom. The van der Waals surface area contributed by atoms with Gasteiger partial charge < -0.3 is 15.1 Å². The van der Waals surface area contributed by atoms with Crippen LogP contribution in [-0.2, 0) is 9.59 Å². The lowest BCUT2D eigenvalue weighted by Crippen LogP contribution is -2.49. The first-order valence-electron chi connectivity index (χ1n) is 8.49. The van der Waals surface area contributed by atoms with Gasteiger partial charge in [0.2, 0.25) is 11.8 Å². The van der Waals surface area contributed by atoms with E-state index in [0.29, 0.717) is 32.5 Å². The molecule has 1 fully saturated rings. The molecule has 24 heavy (non-hydrogen) atoms. The van der Waals surface area contributed by atoms with Crippen LogP contribution in [-0.4, -0.2) is 65.9 Å². The van der Waals surface area contributed by atoms with Gasteiger partial charge >= 0.3 is 0 Å². The predicted molar refractivity (Wildman–Crippen MR) is 98.3 cm³/mol. The van der Waals surface area contributed by atoms with E-state index in [-0.39, 0.29) is 11.8 Å². The van der Waals surface area contributed by atoms with Crippen LogP contribution in [0.5, 0.6) is 0 Å². The van der Waals surface area contributed by atoms with Gasteiger partial charge in [0.25, 0.3) is 0 Å². The van der Waals surface area contributed by atoms with Crippen molar-refractivity contribution >= 4 is 29.4 Å². The Bertz CT molecular complexity index is 519. The van der Waals surface area contributed by atoms with E-state index in [0.717, 1.165) is 30.4 Å². The lowest BCUT2D eigenvalue weighted by Gasteiger charge is -2.35. The van der Waals surface area contributed by atoms with E-state index in [1.807, 2.05) is 23.1 Å². The molecule has 0 aliphatic carbocycles. The number of carbonyl (C=O) groups excluding carboxylic acids is 2. The molecule has 2 heterocycles. The summed E-state index contributed by atoms with van der Waals surface area (Å²) in [5.74, 6) is 2.96. The topological polar surface area (TPSA) is 65.5 Å². The molecule has 0 bridgehead atoms. The number of amides is 2. The number of pyridine rings is 1. The second kappa shape index (κ2) is 10.2. The van der Waals surface area contributed by atoms with Gasteiger partial charge in [-0.05, 0) is 17.9 Å². The van der Waals surface area contributed by atoms with E-state index in [1.54, 1.807) is 18.0 Å². The highest BCUT2D eigenvalue weighted by Crippen LogP contribution is 2.12. The van der Waals surface area contributed by atoms with Gasteiger partial charge in [0.1, 0.15) is 5.82 Å². The van der Waals surface area contributed by atoms with Crippen LogP contribution < -0.4 is 10.2 Å². The van der Waals surface area contributed by atoms with Crippen molar-refractivity contribution in [3.63, 3.8) is 0 Å². The number of hydrogen-bond donors (Lipinski definition) is 1. The maximum absolute atomic E-state index is 12.2. The highest BCUT2D eigenvalue weighted by Gasteiger charge is 2.21. The smallest absolute Gasteiger partial charge is 0.224 e. The molecule has 0 aromatic carbocycles. The molecule has 2 amide bonds. The molecule has 1 aliphatic rings. The minimum absolute atomic E-state index is 0.0312. The van der Waals surface area contributed by atoms with Crippen LogP contribution in [0.3, 0.4) is 0 Å². The zero-order chi connectivity index (χ0) is 17.2. The summed E-state index contributed by atoms with van der Waals surface area (Å²) in [6.07, 6.45) is 2.68. The third-order valence-corrected chi connectivity index (χ3v) is 4.85. The quantitative estimate of drug-likeness (QED) is 0.718. The highest BCUT2D eigenvalue weighted by atomic mass is 32.2. The van der Waals surface area contributed by atoms with Gasteiger partial charge in [0, 0.05) is 57.5 Å². The molecular weight excluding hydrogens is 324 g/mol. The molecule has 0 unspecified atom stereocenters. The molecule has 1 N–H and O–H groups in total. The van der Waals surface area contributed by atoms with Crippen molar-refractivity contribution in [2.75, 3.05) is 49.1 Å². The third kappa shape index (κ3) is 6.03. The normalized spacial score (nSPS) is 14.5. The number of thioether (sulfide) groups is 1.